The molecule has 0 bridgehead atoms. The van der Waals surface area contributed by atoms with Gasteiger partial charge in [-0.25, -0.2) is 0 Å². The molecule has 6 atom stereocenters. The molecule has 2 heteroatoms. The van der Waals surface area contributed by atoms with E-state index in [0.29, 0.717) is 21.6 Å². The van der Waals surface area contributed by atoms with E-state index in [9.17, 15) is 5.11 Å². The fourth-order valence-corrected chi connectivity index (χ4v) is 6.13. The third-order valence-electron chi connectivity index (χ3n) is 6.49. The maximum Gasteiger partial charge on any atom is 0.0656 e. The van der Waals surface area contributed by atoms with Gasteiger partial charge in [0.1, 0.15) is 0 Å². The summed E-state index contributed by atoms with van der Waals surface area (Å²) in [5.74, 6) is 2.10. The Balaban J connectivity index is 2.01. The van der Waals surface area contributed by atoms with Gasteiger partial charge in [-0.15, -0.1) is 0 Å². The van der Waals surface area contributed by atoms with E-state index in [0.717, 1.165) is 24.7 Å². The van der Waals surface area contributed by atoms with Gasteiger partial charge in [0.2, 0.25) is 0 Å². The van der Waals surface area contributed by atoms with Crippen LogP contribution in [0.2, 0.25) is 0 Å². The van der Waals surface area contributed by atoms with Crippen molar-refractivity contribution in [2.24, 2.45) is 28.6 Å². The van der Waals surface area contributed by atoms with Gasteiger partial charge < -0.3 is 5.11 Å². The van der Waals surface area contributed by atoms with E-state index < -0.39 is 5.60 Å². The van der Waals surface area contributed by atoms with Crippen molar-refractivity contribution in [2.45, 2.75) is 63.8 Å². The van der Waals surface area contributed by atoms with Crippen LogP contribution in [0.25, 0.3) is 0 Å². The summed E-state index contributed by atoms with van der Waals surface area (Å²) in [4.78, 5) is 0.595. The fraction of sp³-hybridized carbons (Fsp3) is 1.00. The van der Waals surface area contributed by atoms with E-state index in [1.807, 2.05) is 0 Å². The first kappa shape index (κ1) is 12.5. The highest BCUT2D eigenvalue weighted by molar-refractivity contribution is 9.09. The molecule has 6 unspecified atom stereocenters. The topological polar surface area (TPSA) is 20.2 Å². The smallest absolute Gasteiger partial charge is 0.0656 e. The molecule has 98 valence electrons. The molecule has 0 aliphatic heterocycles. The van der Waals surface area contributed by atoms with Crippen LogP contribution >= 0.6 is 15.9 Å². The van der Waals surface area contributed by atoms with Gasteiger partial charge in [-0.2, -0.15) is 0 Å². The van der Waals surface area contributed by atoms with Crippen molar-refractivity contribution in [1.82, 2.24) is 0 Å². The monoisotopic (exact) mass is 300 g/mol. The highest BCUT2D eigenvalue weighted by atomic mass is 79.9. The molecule has 17 heavy (non-hydrogen) atoms. The molecule has 1 N–H and O–H groups in total. The molecule has 0 aromatic rings. The van der Waals surface area contributed by atoms with Crippen molar-refractivity contribution in [1.29, 1.82) is 0 Å². The second kappa shape index (κ2) is 3.30. The van der Waals surface area contributed by atoms with Gasteiger partial charge in [-0.3, -0.25) is 0 Å². The van der Waals surface area contributed by atoms with Crippen LogP contribution in [0.4, 0.5) is 0 Å². The zero-order chi connectivity index (χ0) is 12.6. The molecule has 3 aliphatic carbocycles. The van der Waals surface area contributed by atoms with Crippen LogP contribution in [0.3, 0.4) is 0 Å². The molecule has 3 rings (SSSR count). The van der Waals surface area contributed by atoms with Gasteiger partial charge in [0.05, 0.1) is 5.60 Å². The van der Waals surface area contributed by atoms with Crippen LogP contribution in [0.1, 0.15) is 53.4 Å². The van der Waals surface area contributed by atoms with Crippen LogP contribution in [0.15, 0.2) is 0 Å². The molecule has 0 spiro atoms. The average Bonchev–Trinajstić information content (AvgIpc) is 2.75. The lowest BCUT2D eigenvalue weighted by molar-refractivity contribution is -0.118. The van der Waals surface area contributed by atoms with Crippen LogP contribution in [-0.4, -0.2) is 15.5 Å². The predicted octanol–water partition coefficient (Wildman–Crippen LogP) is 3.98. The molecule has 0 heterocycles. The summed E-state index contributed by atoms with van der Waals surface area (Å²) in [7, 11) is 0. The maximum absolute atomic E-state index is 10.9. The lowest BCUT2D eigenvalue weighted by atomic mass is 9.55. The minimum absolute atomic E-state index is 0.302. The zero-order valence-corrected chi connectivity index (χ0v) is 13.0. The average molecular weight is 301 g/mol. The quantitative estimate of drug-likeness (QED) is 0.671. The molecule has 3 aliphatic rings. The van der Waals surface area contributed by atoms with Gasteiger partial charge in [0.25, 0.3) is 0 Å². The fourth-order valence-electron chi connectivity index (χ4n) is 5.38. The maximum atomic E-state index is 10.9. The second-order valence-electron chi connectivity index (χ2n) is 7.84. The molecular formula is C15H25BrO. The van der Waals surface area contributed by atoms with E-state index in [2.05, 4.69) is 43.6 Å². The lowest BCUT2D eigenvalue weighted by Gasteiger charge is -2.55. The van der Waals surface area contributed by atoms with Crippen molar-refractivity contribution in [3.63, 3.8) is 0 Å². The zero-order valence-electron chi connectivity index (χ0n) is 11.5. The lowest BCUT2D eigenvalue weighted by Crippen LogP contribution is -2.55. The van der Waals surface area contributed by atoms with Crippen molar-refractivity contribution < 1.29 is 5.11 Å². The third-order valence-corrected chi connectivity index (χ3v) is 8.00. The number of hydrogen-bond acceptors (Lipinski definition) is 1. The van der Waals surface area contributed by atoms with Gasteiger partial charge in [-0.05, 0) is 61.2 Å². The number of hydrogen-bond donors (Lipinski definition) is 1. The summed E-state index contributed by atoms with van der Waals surface area (Å²) in [6.07, 6.45) is 4.73. The first-order chi connectivity index (χ1) is 7.71. The van der Waals surface area contributed by atoms with E-state index >= 15 is 0 Å². The SMILES string of the molecule is CC1(O)CCC(Br)C2(C)CCC3C(C12)C3(C)C. The van der Waals surface area contributed by atoms with Crippen molar-refractivity contribution in [3.8, 4) is 0 Å². The van der Waals surface area contributed by atoms with Crippen molar-refractivity contribution in [3.05, 3.63) is 0 Å². The Hall–Kier alpha value is 0.440. The predicted molar refractivity (Wildman–Crippen MR) is 74.2 cm³/mol. The van der Waals surface area contributed by atoms with E-state index in [1.54, 1.807) is 0 Å². The van der Waals surface area contributed by atoms with Crippen LogP contribution in [0.5, 0.6) is 0 Å². The minimum atomic E-state index is -0.448. The minimum Gasteiger partial charge on any atom is -0.390 e. The van der Waals surface area contributed by atoms with E-state index in [-0.39, 0.29) is 0 Å². The summed E-state index contributed by atoms with van der Waals surface area (Å²) >= 11 is 3.91. The normalized spacial score (nSPS) is 60.4. The molecule has 0 aromatic carbocycles. The third kappa shape index (κ3) is 1.46. The highest BCUT2D eigenvalue weighted by Crippen LogP contribution is 2.74. The summed E-state index contributed by atoms with van der Waals surface area (Å²) in [5, 5.41) is 10.9. The molecule has 0 radical (unpaired) electrons. The Morgan fingerprint density at radius 3 is 2.35 bits per heavy atom. The van der Waals surface area contributed by atoms with Crippen LogP contribution in [0, 0.1) is 28.6 Å². The molecule has 0 amide bonds. The van der Waals surface area contributed by atoms with Crippen LogP contribution in [-0.2, 0) is 0 Å². The molecule has 3 saturated carbocycles. The molecule has 1 nitrogen and oxygen atoms in total. The van der Waals surface area contributed by atoms with Crippen molar-refractivity contribution in [2.75, 3.05) is 0 Å². The first-order valence-electron chi connectivity index (χ1n) is 7.08. The molecule has 3 fully saturated rings. The summed E-state index contributed by atoms with van der Waals surface area (Å²) < 4.78 is 0. The van der Waals surface area contributed by atoms with Gasteiger partial charge in [-0.1, -0.05) is 36.7 Å². The summed E-state index contributed by atoms with van der Waals surface area (Å²) in [5.41, 5.74) is 0.323. The number of alkyl halides is 1. The number of rotatable bonds is 0. The standard InChI is InChI=1S/C15H25BrO/c1-13(2)9-5-7-14(3)10(16)6-8-15(4,17)12(14)11(9)13/h9-12,17H,5-8H2,1-4H3. The van der Waals surface area contributed by atoms with Gasteiger partial charge in [0.15, 0.2) is 0 Å². The summed E-state index contributed by atoms with van der Waals surface area (Å²) in [6, 6.07) is 0. The Morgan fingerprint density at radius 1 is 1.06 bits per heavy atom. The summed E-state index contributed by atoms with van der Waals surface area (Å²) in [6.45, 7) is 9.31. The Kier molecular flexibility index (Phi) is 2.42. The van der Waals surface area contributed by atoms with E-state index in [4.69, 9.17) is 0 Å². The molecular weight excluding hydrogens is 276 g/mol. The Bertz CT molecular complexity index is 349. The number of fused-ring (bicyclic) bond motifs is 3. The van der Waals surface area contributed by atoms with Gasteiger partial charge in [0, 0.05) is 4.83 Å². The molecule has 0 aromatic heterocycles. The Morgan fingerprint density at radius 2 is 1.71 bits per heavy atom. The highest BCUT2D eigenvalue weighted by Gasteiger charge is 2.71. The molecule has 0 saturated heterocycles. The van der Waals surface area contributed by atoms with Crippen molar-refractivity contribution >= 4 is 15.9 Å². The van der Waals surface area contributed by atoms with Crippen LogP contribution < -0.4 is 0 Å². The second-order valence-corrected chi connectivity index (χ2v) is 8.94. The number of aliphatic hydroxyl groups is 1. The Labute approximate surface area is 113 Å². The first-order valence-corrected chi connectivity index (χ1v) is 7.99. The largest absolute Gasteiger partial charge is 0.390 e. The number of halogens is 1. The van der Waals surface area contributed by atoms with Gasteiger partial charge >= 0.3 is 0 Å². The van der Waals surface area contributed by atoms with E-state index in [1.165, 1.54) is 12.8 Å².